The topological polar surface area (TPSA) is 9.86 Å². The van der Waals surface area contributed by atoms with E-state index in [4.69, 9.17) is 0 Å². The van der Waals surface area contributed by atoms with Crippen LogP contribution in [0.3, 0.4) is 0 Å². The molecule has 198 valence electrons. The minimum atomic E-state index is 0.920. The van der Waals surface area contributed by atoms with Crippen molar-refractivity contribution in [2.24, 2.45) is 0 Å². The minimum Gasteiger partial charge on any atom is -0.341 e. The quantitative estimate of drug-likeness (QED) is 0.212. The van der Waals surface area contributed by atoms with Gasteiger partial charge in [-0.2, -0.15) is 0 Å². The average molecular weight is 537 g/mol. The Morgan fingerprint density at radius 3 is 1.95 bits per heavy atom. The van der Waals surface area contributed by atoms with Crippen molar-refractivity contribution in [3.05, 3.63) is 140 Å². The smallest absolute Gasteiger partial charge is 0.0562 e. The molecule has 2 nitrogen and oxygen atoms in total. The molecule has 9 rings (SSSR count). The molecule has 0 aliphatic heterocycles. The largest absolute Gasteiger partial charge is 0.341 e. The van der Waals surface area contributed by atoms with E-state index in [2.05, 4.69) is 156 Å². The molecule has 0 aliphatic carbocycles. The Balaban J connectivity index is 1.32. The number of aromatic nitrogens is 2. The molecule has 0 saturated carbocycles. The fraction of sp³-hybridized carbons (Fsp3) is 0.0500. The van der Waals surface area contributed by atoms with Crippen molar-refractivity contribution in [2.75, 3.05) is 0 Å². The summed E-state index contributed by atoms with van der Waals surface area (Å²) in [5.41, 5.74) is 8.73. The van der Waals surface area contributed by atoms with Crippen molar-refractivity contribution in [1.82, 2.24) is 9.13 Å². The maximum absolute atomic E-state index is 2.47. The molecular formula is C40H28N2. The van der Waals surface area contributed by atoms with Crippen LogP contribution in [0.2, 0.25) is 0 Å². The lowest BCUT2D eigenvalue weighted by Gasteiger charge is -2.11. The lowest BCUT2D eigenvalue weighted by atomic mass is 9.98. The second kappa shape index (κ2) is 8.83. The van der Waals surface area contributed by atoms with Crippen LogP contribution in [0.5, 0.6) is 0 Å². The van der Waals surface area contributed by atoms with Crippen molar-refractivity contribution in [1.29, 1.82) is 0 Å². The number of hydrogen-bond donors (Lipinski definition) is 0. The van der Waals surface area contributed by atoms with Crippen molar-refractivity contribution in [2.45, 2.75) is 13.5 Å². The summed E-state index contributed by atoms with van der Waals surface area (Å²) in [5.74, 6) is 0. The second-order valence-electron chi connectivity index (χ2n) is 11.2. The molecule has 7 aromatic carbocycles. The van der Waals surface area contributed by atoms with E-state index >= 15 is 0 Å². The number of rotatable bonds is 3. The standard InChI is InChI=1S/C40H28N2/c1-2-41-37-23-20-27-11-4-6-14-32(27)40(37)35-24-34-33-15-7-8-17-36(33)42(39(34)25-38(35)41)29-21-18-28(19-22-29)31-16-9-12-26-10-3-5-13-30(26)31/h3-25H,2H2,1H3. The summed E-state index contributed by atoms with van der Waals surface area (Å²) in [4.78, 5) is 0. The third-order valence-electron chi connectivity index (χ3n) is 9.09. The van der Waals surface area contributed by atoms with Crippen LogP contribution in [-0.2, 0) is 6.54 Å². The van der Waals surface area contributed by atoms with Gasteiger partial charge in [0.25, 0.3) is 0 Å². The van der Waals surface area contributed by atoms with E-state index in [1.165, 1.54) is 82.0 Å². The molecule has 2 heterocycles. The maximum atomic E-state index is 2.47. The number of hydrogen-bond acceptors (Lipinski definition) is 0. The molecule has 0 unspecified atom stereocenters. The third-order valence-corrected chi connectivity index (χ3v) is 9.09. The van der Waals surface area contributed by atoms with Gasteiger partial charge in [-0.25, -0.2) is 0 Å². The molecule has 9 aromatic rings. The lowest BCUT2D eigenvalue weighted by Crippen LogP contribution is -1.96. The van der Waals surface area contributed by atoms with Crippen LogP contribution in [0.1, 0.15) is 6.92 Å². The molecule has 0 amide bonds. The van der Waals surface area contributed by atoms with E-state index in [-0.39, 0.29) is 0 Å². The molecule has 0 saturated heterocycles. The van der Waals surface area contributed by atoms with Gasteiger partial charge in [-0.05, 0) is 76.0 Å². The first kappa shape index (κ1) is 23.4. The molecule has 0 aliphatic rings. The Bertz CT molecular complexity index is 2480. The zero-order valence-electron chi connectivity index (χ0n) is 23.4. The zero-order chi connectivity index (χ0) is 27.8. The van der Waals surface area contributed by atoms with E-state index < -0.39 is 0 Å². The lowest BCUT2D eigenvalue weighted by molar-refractivity contribution is 0.827. The third kappa shape index (κ3) is 3.21. The zero-order valence-corrected chi connectivity index (χ0v) is 23.4. The van der Waals surface area contributed by atoms with Crippen molar-refractivity contribution < 1.29 is 0 Å². The van der Waals surface area contributed by atoms with Crippen LogP contribution >= 0.6 is 0 Å². The minimum absolute atomic E-state index is 0.920. The molecular weight excluding hydrogens is 508 g/mol. The van der Waals surface area contributed by atoms with Crippen LogP contribution in [-0.4, -0.2) is 9.13 Å². The summed E-state index contributed by atoms with van der Waals surface area (Å²) in [6.45, 7) is 3.17. The summed E-state index contributed by atoms with van der Waals surface area (Å²) >= 11 is 0. The van der Waals surface area contributed by atoms with Crippen molar-refractivity contribution in [3.8, 4) is 16.8 Å². The first-order valence-electron chi connectivity index (χ1n) is 14.8. The highest BCUT2D eigenvalue weighted by molar-refractivity contribution is 6.24. The molecule has 0 spiro atoms. The van der Waals surface area contributed by atoms with Gasteiger partial charge in [-0.1, -0.05) is 103 Å². The fourth-order valence-corrected chi connectivity index (χ4v) is 7.21. The average Bonchev–Trinajstić information content (AvgIpc) is 3.55. The van der Waals surface area contributed by atoms with Crippen LogP contribution in [0.4, 0.5) is 0 Å². The van der Waals surface area contributed by atoms with E-state index in [9.17, 15) is 0 Å². The van der Waals surface area contributed by atoms with Crippen LogP contribution in [0, 0.1) is 0 Å². The van der Waals surface area contributed by atoms with Gasteiger partial charge in [-0.15, -0.1) is 0 Å². The predicted octanol–water partition coefficient (Wildman–Crippen LogP) is 10.9. The number of fused-ring (bicyclic) bond motifs is 9. The van der Waals surface area contributed by atoms with Crippen LogP contribution < -0.4 is 0 Å². The van der Waals surface area contributed by atoms with Crippen LogP contribution in [0.15, 0.2) is 140 Å². The van der Waals surface area contributed by atoms with E-state index in [1.54, 1.807) is 0 Å². The van der Waals surface area contributed by atoms with Gasteiger partial charge in [-0.3, -0.25) is 0 Å². The van der Waals surface area contributed by atoms with E-state index in [0.717, 1.165) is 6.54 Å². The first-order chi connectivity index (χ1) is 20.8. The predicted molar refractivity (Wildman–Crippen MR) is 180 cm³/mol. The summed E-state index contributed by atoms with van der Waals surface area (Å²) in [6, 6.07) is 51.3. The van der Waals surface area contributed by atoms with Gasteiger partial charge in [0.1, 0.15) is 0 Å². The molecule has 0 radical (unpaired) electrons. The van der Waals surface area contributed by atoms with Gasteiger partial charge in [0, 0.05) is 39.3 Å². The van der Waals surface area contributed by atoms with Gasteiger partial charge < -0.3 is 9.13 Å². The second-order valence-corrected chi connectivity index (χ2v) is 11.2. The molecule has 0 fully saturated rings. The Hall–Kier alpha value is -5.34. The maximum Gasteiger partial charge on any atom is 0.0562 e. The summed E-state index contributed by atoms with van der Waals surface area (Å²) in [7, 11) is 0. The summed E-state index contributed by atoms with van der Waals surface area (Å²) in [6.07, 6.45) is 0. The number of para-hydroxylation sites is 1. The van der Waals surface area contributed by atoms with Crippen molar-refractivity contribution in [3.63, 3.8) is 0 Å². The molecule has 0 atom stereocenters. The summed E-state index contributed by atoms with van der Waals surface area (Å²) < 4.78 is 4.91. The number of benzene rings is 7. The van der Waals surface area contributed by atoms with Gasteiger partial charge in [0.05, 0.1) is 16.6 Å². The fourth-order valence-electron chi connectivity index (χ4n) is 7.21. The first-order valence-corrected chi connectivity index (χ1v) is 14.8. The molecule has 0 bridgehead atoms. The highest BCUT2D eigenvalue weighted by Gasteiger charge is 2.18. The van der Waals surface area contributed by atoms with E-state index in [0.29, 0.717) is 0 Å². The van der Waals surface area contributed by atoms with E-state index in [1.807, 2.05) is 0 Å². The highest BCUT2D eigenvalue weighted by atomic mass is 15.0. The SMILES string of the molecule is CCn1c2cc3c(cc2c2c4ccccc4ccc21)c1ccccc1n3-c1ccc(-c2cccc3ccccc23)cc1. The van der Waals surface area contributed by atoms with Gasteiger partial charge in [0.15, 0.2) is 0 Å². The summed E-state index contributed by atoms with van der Waals surface area (Å²) in [5, 5.41) is 10.4. The Labute approximate surface area is 243 Å². The molecule has 2 heteroatoms. The van der Waals surface area contributed by atoms with Gasteiger partial charge >= 0.3 is 0 Å². The normalized spacial score (nSPS) is 12.0. The molecule has 2 aromatic heterocycles. The highest BCUT2D eigenvalue weighted by Crippen LogP contribution is 2.41. The molecule has 42 heavy (non-hydrogen) atoms. The van der Waals surface area contributed by atoms with Gasteiger partial charge in [0.2, 0.25) is 0 Å². The number of nitrogens with zero attached hydrogens (tertiary/aromatic N) is 2. The Morgan fingerprint density at radius 2 is 1.14 bits per heavy atom. The Kier molecular flexibility index (Phi) is 4.91. The van der Waals surface area contributed by atoms with Crippen molar-refractivity contribution >= 4 is 65.2 Å². The Morgan fingerprint density at radius 1 is 0.452 bits per heavy atom. The van der Waals surface area contributed by atoms with Crippen LogP contribution in [0.25, 0.3) is 82.0 Å². The molecule has 0 N–H and O–H groups in total. The number of aryl methyl sites for hydroxylation is 1. The monoisotopic (exact) mass is 536 g/mol.